The first kappa shape index (κ1) is 13.9. The average Bonchev–Trinajstić information content (AvgIpc) is 2.08. The summed E-state index contributed by atoms with van der Waals surface area (Å²) in [6.45, 7) is 8.40. The van der Waals surface area contributed by atoms with Gasteiger partial charge in [0.05, 0.1) is 0 Å². The van der Waals surface area contributed by atoms with Crippen molar-refractivity contribution >= 4 is 12.8 Å². The lowest BCUT2D eigenvalue weighted by Gasteiger charge is -2.11. The Hall–Kier alpha value is 0.310. The molecule has 0 saturated heterocycles. The Balaban J connectivity index is 0. The SMILES string of the molecule is CC.CCCC(CCC)NS. The molecule has 0 rings (SSSR count). The van der Waals surface area contributed by atoms with Crippen LogP contribution in [0.4, 0.5) is 0 Å². The molecular weight excluding hydrogens is 154 g/mol. The summed E-state index contributed by atoms with van der Waals surface area (Å²) in [7, 11) is 0. The predicted molar refractivity (Wildman–Crippen MR) is 57.1 cm³/mol. The van der Waals surface area contributed by atoms with Crippen molar-refractivity contribution in [1.29, 1.82) is 0 Å². The molecule has 0 aliphatic carbocycles. The highest BCUT2D eigenvalue weighted by atomic mass is 32.1. The van der Waals surface area contributed by atoms with Gasteiger partial charge in [-0.2, -0.15) is 0 Å². The van der Waals surface area contributed by atoms with Gasteiger partial charge in [0.1, 0.15) is 0 Å². The summed E-state index contributed by atoms with van der Waals surface area (Å²) in [6.07, 6.45) is 4.99. The lowest BCUT2D eigenvalue weighted by atomic mass is 10.1. The van der Waals surface area contributed by atoms with Gasteiger partial charge in [-0.25, -0.2) is 0 Å². The fourth-order valence-corrected chi connectivity index (χ4v) is 1.23. The van der Waals surface area contributed by atoms with Gasteiger partial charge in [0.2, 0.25) is 0 Å². The molecule has 0 radical (unpaired) electrons. The zero-order chi connectivity index (χ0) is 9.11. The van der Waals surface area contributed by atoms with Crippen LogP contribution in [0.3, 0.4) is 0 Å². The summed E-state index contributed by atoms with van der Waals surface area (Å²) in [4.78, 5) is 0. The van der Waals surface area contributed by atoms with Gasteiger partial charge < -0.3 is 0 Å². The van der Waals surface area contributed by atoms with Crippen LogP contribution in [0.2, 0.25) is 0 Å². The van der Waals surface area contributed by atoms with Gasteiger partial charge >= 0.3 is 0 Å². The summed E-state index contributed by atoms with van der Waals surface area (Å²) >= 11 is 4.03. The van der Waals surface area contributed by atoms with Crippen LogP contribution in [0.25, 0.3) is 0 Å². The van der Waals surface area contributed by atoms with Crippen LogP contribution in [-0.2, 0) is 0 Å². The van der Waals surface area contributed by atoms with Gasteiger partial charge in [0.25, 0.3) is 0 Å². The molecule has 0 atom stereocenters. The van der Waals surface area contributed by atoms with E-state index in [2.05, 4.69) is 31.4 Å². The topological polar surface area (TPSA) is 12.0 Å². The normalized spacial score (nSPS) is 9.27. The van der Waals surface area contributed by atoms with Crippen molar-refractivity contribution < 1.29 is 0 Å². The first-order valence-corrected chi connectivity index (χ1v) is 5.19. The van der Waals surface area contributed by atoms with Crippen molar-refractivity contribution in [2.45, 2.75) is 59.4 Å². The second kappa shape index (κ2) is 12.9. The fraction of sp³-hybridized carbons (Fsp3) is 1.00. The average molecular weight is 177 g/mol. The molecule has 0 saturated carbocycles. The lowest BCUT2D eigenvalue weighted by molar-refractivity contribution is 0.527. The molecule has 0 aliphatic rings. The van der Waals surface area contributed by atoms with E-state index in [9.17, 15) is 0 Å². The third kappa shape index (κ3) is 10.3. The molecule has 11 heavy (non-hydrogen) atoms. The van der Waals surface area contributed by atoms with Gasteiger partial charge in [0, 0.05) is 6.04 Å². The van der Waals surface area contributed by atoms with E-state index in [0.717, 1.165) is 0 Å². The van der Waals surface area contributed by atoms with Crippen LogP contribution >= 0.6 is 12.8 Å². The number of hydrogen-bond donors (Lipinski definition) is 2. The van der Waals surface area contributed by atoms with Crippen LogP contribution in [0.1, 0.15) is 53.4 Å². The molecule has 0 amide bonds. The van der Waals surface area contributed by atoms with E-state index in [4.69, 9.17) is 0 Å². The Morgan fingerprint density at radius 2 is 1.45 bits per heavy atom. The van der Waals surface area contributed by atoms with Crippen molar-refractivity contribution in [2.24, 2.45) is 0 Å². The molecular formula is C9H23NS. The van der Waals surface area contributed by atoms with E-state index in [-0.39, 0.29) is 0 Å². The lowest BCUT2D eigenvalue weighted by Crippen LogP contribution is -2.19. The first-order valence-electron chi connectivity index (χ1n) is 4.74. The third-order valence-corrected chi connectivity index (χ3v) is 1.82. The number of thiol groups is 1. The second-order valence-corrected chi connectivity index (χ2v) is 2.66. The fourth-order valence-electron chi connectivity index (χ4n) is 0.970. The van der Waals surface area contributed by atoms with E-state index in [1.165, 1.54) is 25.7 Å². The molecule has 0 fully saturated rings. The van der Waals surface area contributed by atoms with Crippen molar-refractivity contribution in [3.8, 4) is 0 Å². The van der Waals surface area contributed by atoms with Gasteiger partial charge in [-0.15, -0.1) is 0 Å². The summed E-state index contributed by atoms with van der Waals surface area (Å²) in [5, 5.41) is 0. The van der Waals surface area contributed by atoms with Crippen molar-refractivity contribution in [3.05, 3.63) is 0 Å². The zero-order valence-electron chi connectivity index (χ0n) is 8.35. The third-order valence-electron chi connectivity index (χ3n) is 1.46. The van der Waals surface area contributed by atoms with Crippen molar-refractivity contribution in [3.63, 3.8) is 0 Å². The molecule has 0 aromatic rings. The smallest absolute Gasteiger partial charge is 0.0169 e. The Labute approximate surface area is 77.5 Å². The van der Waals surface area contributed by atoms with Gasteiger partial charge in [-0.3, -0.25) is 4.72 Å². The number of hydrogen-bond acceptors (Lipinski definition) is 2. The number of nitrogens with one attached hydrogen (secondary N) is 1. The van der Waals surface area contributed by atoms with Crippen LogP contribution in [-0.4, -0.2) is 6.04 Å². The molecule has 0 aliphatic heterocycles. The molecule has 0 spiro atoms. The Morgan fingerprint density at radius 3 is 1.64 bits per heavy atom. The van der Waals surface area contributed by atoms with Gasteiger partial charge in [-0.05, 0) is 12.8 Å². The standard InChI is InChI=1S/C7H17NS.C2H6/c1-3-5-7(8-9)6-4-2;1-2/h7-9H,3-6H2,1-2H3;1-2H3. The maximum Gasteiger partial charge on any atom is 0.0169 e. The Bertz CT molecular complexity index is 51.5. The van der Waals surface area contributed by atoms with Crippen LogP contribution in [0, 0.1) is 0 Å². The quantitative estimate of drug-likeness (QED) is 0.613. The molecule has 1 N–H and O–H groups in total. The monoisotopic (exact) mass is 177 g/mol. The maximum absolute atomic E-state index is 4.03. The second-order valence-electron chi connectivity index (χ2n) is 2.40. The van der Waals surface area contributed by atoms with E-state index in [0.29, 0.717) is 6.04 Å². The summed E-state index contributed by atoms with van der Waals surface area (Å²) in [6, 6.07) is 0.628. The Kier molecular flexibility index (Phi) is 16.3. The summed E-state index contributed by atoms with van der Waals surface area (Å²) < 4.78 is 3.00. The summed E-state index contributed by atoms with van der Waals surface area (Å²) in [5.41, 5.74) is 0. The molecule has 0 heterocycles. The summed E-state index contributed by atoms with van der Waals surface area (Å²) in [5.74, 6) is 0. The van der Waals surface area contributed by atoms with E-state index < -0.39 is 0 Å². The highest BCUT2D eigenvalue weighted by molar-refractivity contribution is 7.78. The predicted octanol–water partition coefficient (Wildman–Crippen LogP) is 3.42. The minimum Gasteiger partial charge on any atom is -0.264 e. The van der Waals surface area contributed by atoms with Crippen LogP contribution in [0.15, 0.2) is 0 Å². The van der Waals surface area contributed by atoms with Crippen LogP contribution in [0.5, 0.6) is 0 Å². The maximum atomic E-state index is 4.03. The van der Waals surface area contributed by atoms with Crippen LogP contribution < -0.4 is 4.72 Å². The van der Waals surface area contributed by atoms with E-state index in [1.807, 2.05) is 13.8 Å². The van der Waals surface area contributed by atoms with E-state index in [1.54, 1.807) is 0 Å². The van der Waals surface area contributed by atoms with Gasteiger partial charge in [0.15, 0.2) is 0 Å². The minimum atomic E-state index is 0.628. The molecule has 1 nitrogen and oxygen atoms in total. The molecule has 0 bridgehead atoms. The molecule has 0 aromatic heterocycles. The molecule has 0 unspecified atom stereocenters. The first-order chi connectivity index (χ1) is 5.35. The molecule has 0 aromatic carbocycles. The molecule has 70 valence electrons. The largest absolute Gasteiger partial charge is 0.264 e. The van der Waals surface area contributed by atoms with Gasteiger partial charge in [-0.1, -0.05) is 53.4 Å². The molecule has 2 heteroatoms. The highest BCUT2D eigenvalue weighted by Crippen LogP contribution is 2.04. The highest BCUT2D eigenvalue weighted by Gasteiger charge is 2.01. The van der Waals surface area contributed by atoms with E-state index >= 15 is 0 Å². The van der Waals surface area contributed by atoms with Crippen molar-refractivity contribution in [2.75, 3.05) is 0 Å². The van der Waals surface area contributed by atoms with Crippen molar-refractivity contribution in [1.82, 2.24) is 4.72 Å². The number of rotatable bonds is 5. The Morgan fingerprint density at radius 1 is 1.09 bits per heavy atom. The minimum absolute atomic E-state index is 0.628. The zero-order valence-corrected chi connectivity index (χ0v) is 9.25.